The fourth-order valence-corrected chi connectivity index (χ4v) is 5.12. The van der Waals surface area contributed by atoms with Gasteiger partial charge in [0, 0.05) is 69.3 Å². The smallest absolute Gasteiger partial charge is 0.217 e. The molecule has 1 amide bonds. The predicted molar refractivity (Wildman–Crippen MR) is 134 cm³/mol. The SMILES string of the molecule is COCCc1cc(N2CCN(CCC3CCC(NC(C)=O)CC3)CC2C)nc(C(C)(C)C)n1. The number of ether oxygens (including phenoxy) is 1. The fraction of sp³-hybridized carbons (Fsp3) is 0.808. The third kappa shape index (κ3) is 7.64. The van der Waals surface area contributed by atoms with E-state index >= 15 is 0 Å². The second-order valence-corrected chi connectivity index (χ2v) is 11.1. The number of hydrogen-bond acceptors (Lipinski definition) is 6. The Kier molecular flexibility index (Phi) is 9.10. The molecule has 1 aromatic rings. The number of aromatic nitrogens is 2. The zero-order valence-corrected chi connectivity index (χ0v) is 21.7. The Bertz CT molecular complexity index is 770. The largest absolute Gasteiger partial charge is 0.384 e. The van der Waals surface area contributed by atoms with Crippen molar-refractivity contribution in [1.82, 2.24) is 20.2 Å². The molecule has 1 aliphatic heterocycles. The van der Waals surface area contributed by atoms with Crippen molar-refractivity contribution >= 4 is 11.7 Å². The van der Waals surface area contributed by atoms with E-state index in [1.54, 1.807) is 14.0 Å². The summed E-state index contributed by atoms with van der Waals surface area (Å²) in [7, 11) is 1.74. The maximum absolute atomic E-state index is 11.3. The first kappa shape index (κ1) is 25.9. The van der Waals surface area contributed by atoms with Crippen LogP contribution in [0.1, 0.15) is 78.2 Å². The van der Waals surface area contributed by atoms with E-state index in [-0.39, 0.29) is 11.3 Å². The highest BCUT2D eigenvalue weighted by molar-refractivity contribution is 5.73. The topological polar surface area (TPSA) is 70.6 Å². The molecule has 3 rings (SSSR count). The summed E-state index contributed by atoms with van der Waals surface area (Å²) in [6.45, 7) is 15.5. The Morgan fingerprint density at radius 3 is 2.52 bits per heavy atom. The van der Waals surface area contributed by atoms with Gasteiger partial charge >= 0.3 is 0 Å². The first-order chi connectivity index (χ1) is 15.7. The molecule has 1 N–H and O–H groups in total. The first-order valence-electron chi connectivity index (χ1n) is 12.8. The number of carbonyl (C=O) groups excluding carboxylic acids is 1. The summed E-state index contributed by atoms with van der Waals surface area (Å²) >= 11 is 0. The molecule has 2 aliphatic rings. The molecule has 2 heterocycles. The predicted octanol–water partition coefficient (Wildman–Crippen LogP) is 3.56. The van der Waals surface area contributed by atoms with Crippen LogP contribution in [-0.4, -0.2) is 72.8 Å². The molecule has 1 aromatic heterocycles. The summed E-state index contributed by atoms with van der Waals surface area (Å²) in [5.41, 5.74) is 0.984. The number of hydrogen-bond donors (Lipinski definition) is 1. The van der Waals surface area contributed by atoms with Crippen molar-refractivity contribution in [2.45, 2.75) is 90.6 Å². The molecule has 0 bridgehead atoms. The van der Waals surface area contributed by atoms with Gasteiger partial charge in [0.25, 0.3) is 0 Å². The van der Waals surface area contributed by atoms with Crippen molar-refractivity contribution < 1.29 is 9.53 Å². The molecular formula is C26H45N5O2. The second-order valence-electron chi connectivity index (χ2n) is 11.1. The molecule has 0 spiro atoms. The highest BCUT2D eigenvalue weighted by Crippen LogP contribution is 2.28. The van der Waals surface area contributed by atoms with Gasteiger partial charge < -0.3 is 15.0 Å². The van der Waals surface area contributed by atoms with E-state index in [2.05, 4.69) is 48.9 Å². The van der Waals surface area contributed by atoms with Crippen LogP contribution in [0.15, 0.2) is 6.07 Å². The summed E-state index contributed by atoms with van der Waals surface area (Å²) < 4.78 is 5.29. The van der Waals surface area contributed by atoms with Crippen LogP contribution in [0, 0.1) is 5.92 Å². The highest BCUT2D eigenvalue weighted by atomic mass is 16.5. The normalized spacial score (nSPS) is 24.7. The van der Waals surface area contributed by atoms with E-state index in [4.69, 9.17) is 14.7 Å². The Morgan fingerprint density at radius 2 is 1.91 bits per heavy atom. The zero-order valence-electron chi connectivity index (χ0n) is 21.7. The molecule has 1 saturated heterocycles. The first-order valence-corrected chi connectivity index (χ1v) is 12.8. The maximum Gasteiger partial charge on any atom is 0.217 e. The van der Waals surface area contributed by atoms with Crippen LogP contribution in [-0.2, 0) is 21.4 Å². The van der Waals surface area contributed by atoms with Gasteiger partial charge in [-0.3, -0.25) is 9.69 Å². The molecule has 2 fully saturated rings. The van der Waals surface area contributed by atoms with Gasteiger partial charge in [0.15, 0.2) is 0 Å². The summed E-state index contributed by atoms with van der Waals surface area (Å²) in [6.07, 6.45) is 6.81. The second kappa shape index (κ2) is 11.6. The molecule has 186 valence electrons. The van der Waals surface area contributed by atoms with Gasteiger partial charge in [-0.05, 0) is 51.5 Å². The lowest BCUT2D eigenvalue weighted by Gasteiger charge is -2.41. The molecule has 7 nitrogen and oxygen atoms in total. The number of amides is 1. The standard InChI is InChI=1S/C26H45N5O2/c1-19-18-30(13-11-21-7-9-22(10-8-21)27-20(2)32)14-15-31(19)24-17-23(12-16-33-6)28-25(29-24)26(3,4)5/h17,19,21-22H,7-16,18H2,1-6H3,(H,27,32). The number of nitrogens with zero attached hydrogens (tertiary/aromatic N) is 4. The van der Waals surface area contributed by atoms with E-state index in [9.17, 15) is 4.79 Å². The van der Waals surface area contributed by atoms with E-state index in [0.29, 0.717) is 18.7 Å². The van der Waals surface area contributed by atoms with Gasteiger partial charge in [0.05, 0.1) is 6.61 Å². The van der Waals surface area contributed by atoms with Crippen molar-refractivity contribution in [3.8, 4) is 0 Å². The van der Waals surface area contributed by atoms with Gasteiger partial charge in [-0.1, -0.05) is 20.8 Å². The molecule has 33 heavy (non-hydrogen) atoms. The van der Waals surface area contributed by atoms with Crippen LogP contribution in [0.4, 0.5) is 5.82 Å². The molecule has 0 radical (unpaired) electrons. The summed E-state index contributed by atoms with van der Waals surface area (Å²) in [4.78, 5) is 26.2. The summed E-state index contributed by atoms with van der Waals surface area (Å²) in [5.74, 6) is 2.87. The molecule has 1 unspecified atom stereocenters. The average Bonchev–Trinajstić information content (AvgIpc) is 2.76. The van der Waals surface area contributed by atoms with Crippen molar-refractivity contribution in [1.29, 1.82) is 0 Å². The van der Waals surface area contributed by atoms with Crippen LogP contribution in [0.3, 0.4) is 0 Å². The molecule has 1 atom stereocenters. The van der Waals surface area contributed by atoms with Crippen LogP contribution in [0.25, 0.3) is 0 Å². The number of anilines is 1. The molecule has 1 aliphatic carbocycles. The average molecular weight is 460 g/mol. The number of rotatable bonds is 8. The van der Waals surface area contributed by atoms with Crippen molar-refractivity contribution in [2.75, 3.05) is 44.8 Å². The van der Waals surface area contributed by atoms with Gasteiger partial charge in [-0.15, -0.1) is 0 Å². The zero-order chi connectivity index (χ0) is 24.0. The number of methoxy groups -OCH3 is 1. The van der Waals surface area contributed by atoms with Gasteiger partial charge in [-0.2, -0.15) is 0 Å². The quantitative estimate of drug-likeness (QED) is 0.641. The minimum atomic E-state index is -0.0815. The molecule has 0 aromatic carbocycles. The Morgan fingerprint density at radius 1 is 1.18 bits per heavy atom. The Labute approximate surface area is 200 Å². The molecule has 1 saturated carbocycles. The Balaban J connectivity index is 1.54. The van der Waals surface area contributed by atoms with Crippen molar-refractivity contribution in [3.05, 3.63) is 17.6 Å². The van der Waals surface area contributed by atoms with Crippen LogP contribution in [0.2, 0.25) is 0 Å². The molecule has 7 heteroatoms. The lowest BCUT2D eigenvalue weighted by atomic mass is 9.84. The monoisotopic (exact) mass is 459 g/mol. The summed E-state index contributed by atoms with van der Waals surface area (Å²) in [6, 6.07) is 2.97. The van der Waals surface area contributed by atoms with Crippen molar-refractivity contribution in [2.24, 2.45) is 5.92 Å². The van der Waals surface area contributed by atoms with Gasteiger partial charge in [0.1, 0.15) is 11.6 Å². The third-order valence-corrected chi connectivity index (χ3v) is 7.11. The third-order valence-electron chi connectivity index (χ3n) is 7.11. The van der Waals surface area contributed by atoms with Gasteiger partial charge in [-0.25, -0.2) is 9.97 Å². The number of nitrogens with one attached hydrogen (secondary N) is 1. The van der Waals surface area contributed by atoms with Crippen LogP contribution in [0.5, 0.6) is 0 Å². The highest BCUT2D eigenvalue weighted by Gasteiger charge is 2.28. The van der Waals surface area contributed by atoms with Crippen molar-refractivity contribution in [3.63, 3.8) is 0 Å². The van der Waals surface area contributed by atoms with E-state index < -0.39 is 0 Å². The van der Waals surface area contributed by atoms with Crippen LogP contribution < -0.4 is 10.2 Å². The minimum Gasteiger partial charge on any atom is -0.384 e. The van der Waals surface area contributed by atoms with E-state index in [1.165, 1.54) is 25.8 Å². The molecular weight excluding hydrogens is 414 g/mol. The fourth-order valence-electron chi connectivity index (χ4n) is 5.12. The Hall–Kier alpha value is -1.73. The lowest BCUT2D eigenvalue weighted by molar-refractivity contribution is -0.119. The number of piperazine rings is 1. The van der Waals surface area contributed by atoms with E-state index in [1.807, 2.05) is 0 Å². The maximum atomic E-state index is 11.3. The number of carbonyl (C=O) groups is 1. The van der Waals surface area contributed by atoms with E-state index in [0.717, 1.165) is 62.2 Å². The lowest BCUT2D eigenvalue weighted by Crippen LogP contribution is -2.52. The summed E-state index contributed by atoms with van der Waals surface area (Å²) in [5, 5.41) is 3.09. The van der Waals surface area contributed by atoms with Gasteiger partial charge in [0.2, 0.25) is 5.91 Å². The minimum absolute atomic E-state index is 0.0815. The van der Waals surface area contributed by atoms with Crippen LogP contribution >= 0.6 is 0 Å².